The molecule has 0 aliphatic carbocycles. The Kier molecular flexibility index (Phi) is 5.96. The van der Waals surface area contributed by atoms with Gasteiger partial charge in [-0.25, -0.2) is 0 Å². The first-order chi connectivity index (χ1) is 12.6. The van der Waals surface area contributed by atoms with Crippen LogP contribution in [0, 0.1) is 0 Å². The molecule has 1 amide bonds. The van der Waals surface area contributed by atoms with E-state index >= 15 is 0 Å². The highest BCUT2D eigenvalue weighted by atomic mass is 32.2. The van der Waals surface area contributed by atoms with Crippen molar-refractivity contribution >= 4 is 46.0 Å². The lowest BCUT2D eigenvalue weighted by molar-refractivity contribution is -0.113. The lowest BCUT2D eigenvalue weighted by Gasteiger charge is -2.15. The third-order valence-corrected chi connectivity index (χ3v) is 4.99. The number of thioether (sulfide) groups is 1. The van der Waals surface area contributed by atoms with Crippen molar-refractivity contribution in [2.75, 3.05) is 18.1 Å². The van der Waals surface area contributed by atoms with E-state index < -0.39 is 0 Å². The number of nitrogens with zero attached hydrogens (tertiary/aromatic N) is 1. The summed E-state index contributed by atoms with van der Waals surface area (Å²) in [6.07, 6.45) is 1.85. The molecule has 0 saturated carbocycles. The number of carbonyl (C=O) groups excluding carboxylic acids is 1. The van der Waals surface area contributed by atoms with Gasteiger partial charge >= 0.3 is 0 Å². The number of thiocarbonyl (C=S) groups is 1. The summed E-state index contributed by atoms with van der Waals surface area (Å²) in [5.74, 6) is 1.47. The standard InChI is InChI=1S/C20H19NO3S2/c1-3-23-16-9-5-14(6-10-16)13-18-19(22)21(20(25)26-18)15-7-11-17(12-8-15)24-4-2/h5-13H,3-4H2,1-2H3/b18-13+. The van der Waals surface area contributed by atoms with Crippen LogP contribution in [0.5, 0.6) is 11.5 Å². The third-order valence-electron chi connectivity index (χ3n) is 3.69. The third kappa shape index (κ3) is 4.08. The Labute approximate surface area is 162 Å². The summed E-state index contributed by atoms with van der Waals surface area (Å²) < 4.78 is 11.4. The van der Waals surface area contributed by atoms with Gasteiger partial charge in [0, 0.05) is 0 Å². The van der Waals surface area contributed by atoms with Gasteiger partial charge in [0.05, 0.1) is 23.8 Å². The predicted molar refractivity (Wildman–Crippen MR) is 111 cm³/mol. The molecule has 0 aromatic heterocycles. The lowest BCUT2D eigenvalue weighted by Crippen LogP contribution is -2.27. The smallest absolute Gasteiger partial charge is 0.270 e. The number of ether oxygens (including phenoxy) is 2. The van der Waals surface area contributed by atoms with Gasteiger partial charge in [-0.15, -0.1) is 0 Å². The maximum atomic E-state index is 12.8. The Balaban J connectivity index is 1.79. The number of hydrogen-bond donors (Lipinski definition) is 0. The van der Waals surface area contributed by atoms with E-state index in [9.17, 15) is 4.79 Å². The van der Waals surface area contributed by atoms with Crippen molar-refractivity contribution < 1.29 is 14.3 Å². The molecule has 0 spiro atoms. The molecule has 1 fully saturated rings. The maximum absolute atomic E-state index is 12.8. The number of anilines is 1. The van der Waals surface area contributed by atoms with Gasteiger partial charge in [-0.2, -0.15) is 0 Å². The average molecular weight is 386 g/mol. The van der Waals surface area contributed by atoms with E-state index in [-0.39, 0.29) is 5.91 Å². The fraction of sp³-hybridized carbons (Fsp3) is 0.200. The van der Waals surface area contributed by atoms with Gasteiger partial charge in [-0.05, 0) is 61.9 Å². The molecule has 134 valence electrons. The summed E-state index contributed by atoms with van der Waals surface area (Å²) in [6, 6.07) is 15.0. The van der Waals surface area contributed by atoms with E-state index in [1.54, 1.807) is 4.90 Å². The van der Waals surface area contributed by atoms with E-state index in [4.69, 9.17) is 21.7 Å². The quantitative estimate of drug-likeness (QED) is 0.523. The van der Waals surface area contributed by atoms with Crippen LogP contribution in [0.4, 0.5) is 5.69 Å². The number of amides is 1. The van der Waals surface area contributed by atoms with E-state index in [0.29, 0.717) is 22.4 Å². The Bertz CT molecular complexity index is 829. The van der Waals surface area contributed by atoms with Gasteiger partial charge in [0.2, 0.25) is 0 Å². The van der Waals surface area contributed by atoms with E-state index in [1.807, 2.05) is 68.5 Å². The first kappa shape index (κ1) is 18.5. The summed E-state index contributed by atoms with van der Waals surface area (Å²) in [4.78, 5) is 15.0. The summed E-state index contributed by atoms with van der Waals surface area (Å²) in [5, 5.41) is 0. The highest BCUT2D eigenvalue weighted by molar-refractivity contribution is 8.27. The van der Waals surface area contributed by atoms with Crippen LogP contribution in [0.1, 0.15) is 19.4 Å². The summed E-state index contributed by atoms with van der Waals surface area (Å²) >= 11 is 6.71. The minimum atomic E-state index is -0.113. The highest BCUT2D eigenvalue weighted by Gasteiger charge is 2.33. The molecule has 3 rings (SSSR count). The zero-order valence-corrected chi connectivity index (χ0v) is 16.2. The van der Waals surface area contributed by atoms with Crippen LogP contribution in [0.3, 0.4) is 0 Å². The van der Waals surface area contributed by atoms with Gasteiger partial charge in [-0.3, -0.25) is 9.69 Å². The predicted octanol–water partition coefficient (Wildman–Crippen LogP) is 4.89. The molecule has 0 bridgehead atoms. The first-order valence-corrected chi connectivity index (χ1v) is 9.58. The van der Waals surface area contributed by atoms with Gasteiger partial charge < -0.3 is 9.47 Å². The fourth-order valence-electron chi connectivity index (χ4n) is 2.53. The average Bonchev–Trinajstić information content (AvgIpc) is 2.92. The van der Waals surface area contributed by atoms with Crippen molar-refractivity contribution in [2.45, 2.75) is 13.8 Å². The molecule has 0 radical (unpaired) electrons. The number of rotatable bonds is 6. The molecule has 1 aliphatic heterocycles. The molecule has 1 aliphatic rings. The molecular weight excluding hydrogens is 366 g/mol. The zero-order valence-electron chi connectivity index (χ0n) is 14.6. The fourth-order valence-corrected chi connectivity index (χ4v) is 3.83. The molecule has 0 N–H and O–H groups in total. The molecule has 4 nitrogen and oxygen atoms in total. The SMILES string of the molecule is CCOc1ccc(/C=C2/SC(=S)N(c3ccc(OCC)cc3)C2=O)cc1. The second kappa shape index (κ2) is 8.38. The van der Waals surface area contributed by atoms with Crippen LogP contribution in [0.15, 0.2) is 53.4 Å². The minimum absolute atomic E-state index is 0.113. The Morgan fingerprint density at radius 2 is 1.50 bits per heavy atom. The molecule has 6 heteroatoms. The monoisotopic (exact) mass is 385 g/mol. The summed E-state index contributed by atoms with van der Waals surface area (Å²) in [5.41, 5.74) is 1.67. The largest absolute Gasteiger partial charge is 0.494 e. The van der Waals surface area contributed by atoms with Crippen LogP contribution in [-0.2, 0) is 4.79 Å². The molecule has 1 heterocycles. The van der Waals surface area contributed by atoms with Crippen LogP contribution in [-0.4, -0.2) is 23.4 Å². The molecule has 2 aromatic rings. The van der Waals surface area contributed by atoms with Gasteiger partial charge in [0.25, 0.3) is 5.91 Å². The number of carbonyl (C=O) groups is 1. The summed E-state index contributed by atoms with van der Waals surface area (Å²) in [6.45, 7) is 5.10. The Morgan fingerprint density at radius 1 is 0.962 bits per heavy atom. The van der Waals surface area contributed by atoms with Crippen molar-refractivity contribution in [1.29, 1.82) is 0 Å². The minimum Gasteiger partial charge on any atom is -0.494 e. The van der Waals surface area contributed by atoms with Crippen LogP contribution >= 0.6 is 24.0 Å². The van der Waals surface area contributed by atoms with E-state index in [1.165, 1.54) is 11.8 Å². The molecule has 26 heavy (non-hydrogen) atoms. The second-order valence-electron chi connectivity index (χ2n) is 5.45. The molecule has 0 atom stereocenters. The highest BCUT2D eigenvalue weighted by Crippen LogP contribution is 2.36. The van der Waals surface area contributed by atoms with Crippen LogP contribution < -0.4 is 14.4 Å². The van der Waals surface area contributed by atoms with Crippen molar-refractivity contribution in [3.8, 4) is 11.5 Å². The van der Waals surface area contributed by atoms with Gasteiger partial charge in [0.15, 0.2) is 4.32 Å². The second-order valence-corrected chi connectivity index (χ2v) is 7.12. The number of benzene rings is 2. The molecular formula is C20H19NO3S2. The van der Waals surface area contributed by atoms with Crippen molar-refractivity contribution in [3.63, 3.8) is 0 Å². The Hall–Kier alpha value is -2.31. The molecule has 1 saturated heterocycles. The van der Waals surface area contributed by atoms with Gasteiger partial charge in [-0.1, -0.05) is 36.1 Å². The first-order valence-electron chi connectivity index (χ1n) is 8.36. The van der Waals surface area contributed by atoms with Crippen molar-refractivity contribution in [1.82, 2.24) is 0 Å². The maximum Gasteiger partial charge on any atom is 0.270 e. The topological polar surface area (TPSA) is 38.8 Å². The molecule has 2 aromatic carbocycles. The zero-order chi connectivity index (χ0) is 18.5. The van der Waals surface area contributed by atoms with Crippen LogP contribution in [0.2, 0.25) is 0 Å². The normalized spacial score (nSPS) is 15.6. The number of hydrogen-bond acceptors (Lipinski definition) is 5. The Morgan fingerprint density at radius 3 is 2.04 bits per heavy atom. The molecule has 0 unspecified atom stereocenters. The van der Waals surface area contributed by atoms with Crippen molar-refractivity contribution in [2.24, 2.45) is 0 Å². The van der Waals surface area contributed by atoms with E-state index in [2.05, 4.69) is 0 Å². The lowest BCUT2D eigenvalue weighted by atomic mass is 10.2. The van der Waals surface area contributed by atoms with E-state index in [0.717, 1.165) is 22.7 Å². The van der Waals surface area contributed by atoms with Crippen LogP contribution in [0.25, 0.3) is 6.08 Å². The van der Waals surface area contributed by atoms with Crippen molar-refractivity contribution in [3.05, 3.63) is 59.0 Å². The van der Waals surface area contributed by atoms with Gasteiger partial charge in [0.1, 0.15) is 11.5 Å². The summed E-state index contributed by atoms with van der Waals surface area (Å²) in [7, 11) is 0.